The Bertz CT molecular complexity index is 1080. The molecule has 0 fully saturated rings. The fraction of sp³-hybridized carbons (Fsp3) is 0.160. The van der Waals surface area contributed by atoms with Gasteiger partial charge in [-0.05, 0) is 48.5 Å². The van der Waals surface area contributed by atoms with Crippen molar-refractivity contribution in [3.8, 4) is 17.2 Å². The summed E-state index contributed by atoms with van der Waals surface area (Å²) in [6, 6.07) is 23.0. The Balaban J connectivity index is 1.36. The maximum absolute atomic E-state index is 12.1. The number of methoxy groups -OCH3 is 1. The van der Waals surface area contributed by atoms with Gasteiger partial charge in [-0.25, -0.2) is 0 Å². The van der Waals surface area contributed by atoms with Gasteiger partial charge in [0.25, 0.3) is 5.91 Å². The fourth-order valence-corrected chi connectivity index (χ4v) is 2.79. The summed E-state index contributed by atoms with van der Waals surface area (Å²) in [6.45, 7) is -0.444. The van der Waals surface area contributed by atoms with E-state index in [4.69, 9.17) is 14.2 Å². The molecule has 0 aliphatic carbocycles. The average molecular weight is 448 g/mol. The van der Waals surface area contributed by atoms with Gasteiger partial charge in [0.15, 0.2) is 6.61 Å². The van der Waals surface area contributed by atoms with Gasteiger partial charge in [0.05, 0.1) is 13.5 Å². The van der Waals surface area contributed by atoms with Crippen LogP contribution in [0.2, 0.25) is 0 Å². The molecule has 0 spiro atoms. The van der Waals surface area contributed by atoms with Crippen molar-refractivity contribution in [1.29, 1.82) is 0 Å². The third kappa shape index (κ3) is 8.02. The lowest BCUT2D eigenvalue weighted by atomic mass is 10.2. The van der Waals surface area contributed by atoms with Crippen LogP contribution < -0.4 is 20.1 Å². The first-order valence-corrected chi connectivity index (χ1v) is 10.2. The highest BCUT2D eigenvalue weighted by Crippen LogP contribution is 2.22. The van der Waals surface area contributed by atoms with Gasteiger partial charge in [-0.3, -0.25) is 14.4 Å². The fourth-order valence-electron chi connectivity index (χ4n) is 2.79. The van der Waals surface area contributed by atoms with Crippen LogP contribution in [0, 0.1) is 0 Å². The van der Waals surface area contributed by atoms with Gasteiger partial charge in [-0.1, -0.05) is 24.3 Å². The topological polar surface area (TPSA) is 103 Å². The van der Waals surface area contributed by atoms with E-state index in [9.17, 15) is 14.4 Å². The summed E-state index contributed by atoms with van der Waals surface area (Å²) in [4.78, 5) is 35.9. The van der Waals surface area contributed by atoms with Crippen LogP contribution in [-0.2, 0) is 19.1 Å². The van der Waals surface area contributed by atoms with E-state index in [1.165, 1.54) is 7.11 Å². The van der Waals surface area contributed by atoms with Gasteiger partial charge in [-0.2, -0.15) is 0 Å². The second-order valence-corrected chi connectivity index (χ2v) is 6.93. The minimum atomic E-state index is -0.641. The summed E-state index contributed by atoms with van der Waals surface area (Å²) in [5, 5.41) is 5.31. The van der Waals surface area contributed by atoms with Crippen LogP contribution in [0.15, 0.2) is 78.9 Å². The Hall–Kier alpha value is -4.33. The molecule has 3 aromatic rings. The van der Waals surface area contributed by atoms with Gasteiger partial charge in [-0.15, -0.1) is 0 Å². The monoisotopic (exact) mass is 448 g/mol. The van der Waals surface area contributed by atoms with Crippen LogP contribution >= 0.6 is 0 Å². The summed E-state index contributed by atoms with van der Waals surface area (Å²) >= 11 is 0. The van der Waals surface area contributed by atoms with Crippen LogP contribution in [0.4, 0.5) is 11.4 Å². The molecule has 0 aliphatic rings. The Morgan fingerprint density at radius 3 is 2.09 bits per heavy atom. The number of nitrogens with one attached hydrogen (secondary N) is 2. The number of rotatable bonds is 10. The molecule has 0 radical (unpaired) electrons. The minimum Gasteiger partial charge on any atom is -0.497 e. The van der Waals surface area contributed by atoms with Crippen LogP contribution in [0.1, 0.15) is 12.8 Å². The van der Waals surface area contributed by atoms with Gasteiger partial charge in [0.2, 0.25) is 5.91 Å². The number of para-hydroxylation sites is 1. The van der Waals surface area contributed by atoms with E-state index in [1.807, 2.05) is 30.3 Å². The number of anilines is 2. The van der Waals surface area contributed by atoms with E-state index in [1.54, 1.807) is 48.5 Å². The molecule has 0 bridgehead atoms. The van der Waals surface area contributed by atoms with E-state index >= 15 is 0 Å². The second-order valence-electron chi connectivity index (χ2n) is 6.93. The minimum absolute atomic E-state index is 0.0708. The van der Waals surface area contributed by atoms with Crippen LogP contribution in [-0.4, -0.2) is 31.5 Å². The number of ether oxygens (including phenoxy) is 3. The summed E-state index contributed by atoms with van der Waals surface area (Å²) in [7, 11) is 1.52. The molecular weight excluding hydrogens is 424 g/mol. The molecule has 8 nitrogen and oxygen atoms in total. The molecule has 0 aromatic heterocycles. The lowest BCUT2D eigenvalue weighted by Crippen LogP contribution is -2.21. The highest BCUT2D eigenvalue weighted by molar-refractivity contribution is 5.94. The predicted molar refractivity (Wildman–Crippen MR) is 123 cm³/mol. The van der Waals surface area contributed by atoms with Crippen molar-refractivity contribution in [3.63, 3.8) is 0 Å². The number of hydrogen-bond donors (Lipinski definition) is 2. The van der Waals surface area contributed by atoms with Gasteiger partial charge in [0, 0.05) is 23.9 Å². The normalized spacial score (nSPS) is 10.1. The molecule has 3 aromatic carbocycles. The van der Waals surface area contributed by atoms with E-state index in [0.29, 0.717) is 28.6 Å². The van der Waals surface area contributed by atoms with Gasteiger partial charge in [0.1, 0.15) is 17.2 Å². The molecule has 0 saturated heterocycles. The van der Waals surface area contributed by atoms with E-state index in [-0.39, 0.29) is 18.7 Å². The highest BCUT2D eigenvalue weighted by Gasteiger charge is 2.11. The Morgan fingerprint density at radius 2 is 1.36 bits per heavy atom. The molecule has 2 amide bonds. The predicted octanol–water partition coefficient (Wildman–Crippen LogP) is 4.39. The van der Waals surface area contributed by atoms with Crippen molar-refractivity contribution >= 4 is 29.2 Å². The summed E-state index contributed by atoms with van der Waals surface area (Å²) in [6.07, 6.45) is -0.216. The molecule has 170 valence electrons. The summed E-state index contributed by atoms with van der Waals surface area (Å²) in [5.41, 5.74) is 1.10. The number of amides is 2. The molecule has 0 aliphatic heterocycles. The van der Waals surface area contributed by atoms with Crippen molar-refractivity contribution < 1.29 is 28.6 Å². The average Bonchev–Trinajstić information content (AvgIpc) is 2.83. The number of carbonyl (C=O) groups is 3. The number of benzene rings is 3. The van der Waals surface area contributed by atoms with E-state index < -0.39 is 18.5 Å². The second kappa shape index (κ2) is 11.9. The van der Waals surface area contributed by atoms with Gasteiger partial charge < -0.3 is 24.8 Å². The van der Waals surface area contributed by atoms with Crippen LogP contribution in [0.5, 0.6) is 17.2 Å². The smallest absolute Gasteiger partial charge is 0.306 e. The molecule has 0 atom stereocenters. The maximum atomic E-state index is 12.1. The van der Waals surface area contributed by atoms with Crippen molar-refractivity contribution in [1.82, 2.24) is 0 Å². The number of hydrogen-bond acceptors (Lipinski definition) is 6. The zero-order chi connectivity index (χ0) is 23.5. The van der Waals surface area contributed by atoms with Crippen molar-refractivity contribution in [2.75, 3.05) is 24.4 Å². The maximum Gasteiger partial charge on any atom is 0.306 e. The Morgan fingerprint density at radius 1 is 0.697 bits per heavy atom. The molecule has 2 N–H and O–H groups in total. The SMILES string of the molecule is COc1cccc(NC(=O)COC(=O)CCC(=O)Nc2ccc(Oc3ccccc3)cc2)c1. The van der Waals surface area contributed by atoms with E-state index in [2.05, 4.69) is 10.6 Å². The molecule has 0 unspecified atom stereocenters. The molecule has 8 heteroatoms. The van der Waals surface area contributed by atoms with Crippen molar-refractivity contribution in [2.24, 2.45) is 0 Å². The first-order valence-electron chi connectivity index (χ1n) is 10.2. The van der Waals surface area contributed by atoms with Crippen molar-refractivity contribution in [3.05, 3.63) is 78.9 Å². The summed E-state index contributed by atoms with van der Waals surface area (Å²) < 4.78 is 15.7. The zero-order valence-corrected chi connectivity index (χ0v) is 18.1. The molecule has 3 rings (SSSR count). The lowest BCUT2D eigenvalue weighted by Gasteiger charge is -2.09. The highest BCUT2D eigenvalue weighted by atomic mass is 16.5. The zero-order valence-electron chi connectivity index (χ0n) is 18.1. The van der Waals surface area contributed by atoms with E-state index in [0.717, 1.165) is 0 Å². The van der Waals surface area contributed by atoms with Crippen LogP contribution in [0.3, 0.4) is 0 Å². The van der Waals surface area contributed by atoms with Crippen LogP contribution in [0.25, 0.3) is 0 Å². The Labute approximate surface area is 191 Å². The number of carbonyl (C=O) groups excluding carboxylic acids is 3. The molecule has 0 saturated carbocycles. The summed E-state index contributed by atoms with van der Waals surface area (Å²) in [5.74, 6) is 0.468. The third-order valence-electron chi connectivity index (χ3n) is 4.39. The molecule has 33 heavy (non-hydrogen) atoms. The first-order chi connectivity index (χ1) is 16.0. The number of esters is 1. The third-order valence-corrected chi connectivity index (χ3v) is 4.39. The Kier molecular flexibility index (Phi) is 8.41. The molecular formula is C25H24N2O6. The first kappa shape index (κ1) is 23.3. The quantitative estimate of drug-likeness (QED) is 0.446. The largest absolute Gasteiger partial charge is 0.497 e. The van der Waals surface area contributed by atoms with Gasteiger partial charge >= 0.3 is 5.97 Å². The standard InChI is InChI=1S/C25H24N2O6/c1-31-22-9-5-6-19(16-22)27-24(29)17-32-25(30)15-14-23(28)26-18-10-12-21(13-11-18)33-20-7-3-2-4-8-20/h2-13,16H,14-15,17H2,1H3,(H,26,28)(H,27,29). The lowest BCUT2D eigenvalue weighted by molar-refractivity contribution is -0.147. The molecule has 0 heterocycles. The van der Waals surface area contributed by atoms with Crippen molar-refractivity contribution in [2.45, 2.75) is 12.8 Å².